The number of carbonyl (C=O) groups is 2. The molecule has 0 aliphatic heterocycles. The topological polar surface area (TPSA) is 90.3 Å². The van der Waals surface area contributed by atoms with Crippen LogP contribution in [0.3, 0.4) is 0 Å². The Morgan fingerprint density at radius 3 is 2.52 bits per heavy atom. The zero-order chi connectivity index (χ0) is 21.0. The summed E-state index contributed by atoms with van der Waals surface area (Å²) in [4.78, 5) is 41.1. The lowest BCUT2D eigenvalue weighted by Gasteiger charge is -2.17. The van der Waals surface area contributed by atoms with Gasteiger partial charge in [0.15, 0.2) is 6.73 Å². The Bertz CT molecular complexity index is 1100. The van der Waals surface area contributed by atoms with Crippen molar-refractivity contribution in [2.45, 2.75) is 34.0 Å². The van der Waals surface area contributed by atoms with Gasteiger partial charge in [0.1, 0.15) is 6.33 Å². The maximum atomic E-state index is 12.7. The van der Waals surface area contributed by atoms with Crippen molar-refractivity contribution >= 4 is 22.8 Å². The van der Waals surface area contributed by atoms with Gasteiger partial charge in [-0.15, -0.1) is 0 Å². The molecule has 0 unspecified atom stereocenters. The van der Waals surface area contributed by atoms with Crippen molar-refractivity contribution in [2.24, 2.45) is 5.41 Å². The number of ether oxygens (including phenoxy) is 1. The molecular formula is C22H23N3O4. The van der Waals surface area contributed by atoms with E-state index < -0.39 is 11.4 Å². The average Bonchev–Trinajstić information content (AvgIpc) is 2.71. The van der Waals surface area contributed by atoms with Crippen molar-refractivity contribution in [3.05, 3.63) is 76.3 Å². The van der Waals surface area contributed by atoms with Gasteiger partial charge in [-0.1, -0.05) is 24.3 Å². The summed E-state index contributed by atoms with van der Waals surface area (Å²) >= 11 is 0. The molecule has 3 rings (SSSR count). The van der Waals surface area contributed by atoms with Crippen LogP contribution in [0.5, 0.6) is 0 Å². The average molecular weight is 393 g/mol. The number of fused-ring (bicyclic) bond motifs is 1. The fourth-order valence-electron chi connectivity index (χ4n) is 2.63. The maximum absolute atomic E-state index is 12.7. The highest BCUT2D eigenvalue weighted by Crippen LogP contribution is 2.15. The molecule has 0 saturated heterocycles. The normalized spacial score (nSPS) is 11.3. The summed E-state index contributed by atoms with van der Waals surface area (Å²) < 4.78 is 6.46. The minimum Gasteiger partial charge on any atom is -0.443 e. The van der Waals surface area contributed by atoms with Gasteiger partial charge in [-0.3, -0.25) is 19.0 Å². The van der Waals surface area contributed by atoms with Crippen LogP contribution in [-0.2, 0) is 22.8 Å². The SMILES string of the molecule is CC(C)(C)C(=O)OCn1cnc2ccc(CNC(=O)c3ccccc3)cc2c1=O. The molecule has 0 fully saturated rings. The van der Waals surface area contributed by atoms with E-state index in [4.69, 9.17) is 4.74 Å². The monoisotopic (exact) mass is 393 g/mol. The second kappa shape index (κ2) is 8.26. The second-order valence-electron chi connectivity index (χ2n) is 7.73. The molecular weight excluding hydrogens is 370 g/mol. The third-order valence-corrected chi connectivity index (χ3v) is 4.32. The summed E-state index contributed by atoms with van der Waals surface area (Å²) in [6.45, 7) is 5.30. The molecule has 1 N–H and O–H groups in total. The van der Waals surface area contributed by atoms with E-state index in [2.05, 4.69) is 10.3 Å². The van der Waals surface area contributed by atoms with Gasteiger partial charge >= 0.3 is 5.97 Å². The van der Waals surface area contributed by atoms with E-state index in [0.29, 0.717) is 16.5 Å². The van der Waals surface area contributed by atoms with Crippen molar-refractivity contribution < 1.29 is 14.3 Å². The Morgan fingerprint density at radius 2 is 1.83 bits per heavy atom. The Balaban J connectivity index is 1.76. The van der Waals surface area contributed by atoms with Crippen LogP contribution in [0, 0.1) is 5.41 Å². The number of hydrogen-bond donors (Lipinski definition) is 1. The summed E-state index contributed by atoms with van der Waals surface area (Å²) in [5.41, 5.74) is 0.903. The summed E-state index contributed by atoms with van der Waals surface area (Å²) in [5, 5.41) is 3.23. The Kier molecular flexibility index (Phi) is 5.77. The fourth-order valence-corrected chi connectivity index (χ4v) is 2.63. The van der Waals surface area contributed by atoms with Crippen LogP contribution in [0.15, 0.2) is 59.7 Å². The fraction of sp³-hybridized carbons (Fsp3) is 0.273. The molecule has 29 heavy (non-hydrogen) atoms. The van der Waals surface area contributed by atoms with Gasteiger partial charge in [-0.25, -0.2) is 4.98 Å². The molecule has 1 aromatic heterocycles. The quantitative estimate of drug-likeness (QED) is 0.673. The van der Waals surface area contributed by atoms with Crippen LogP contribution in [0.1, 0.15) is 36.7 Å². The highest BCUT2D eigenvalue weighted by atomic mass is 16.5. The first kappa shape index (κ1) is 20.3. The largest absolute Gasteiger partial charge is 0.443 e. The third-order valence-electron chi connectivity index (χ3n) is 4.32. The molecule has 150 valence electrons. The minimum atomic E-state index is -0.655. The number of nitrogens with zero attached hydrogens (tertiary/aromatic N) is 2. The highest BCUT2D eigenvalue weighted by Gasteiger charge is 2.23. The molecule has 0 aliphatic rings. The number of aromatic nitrogens is 2. The molecule has 1 amide bonds. The van der Waals surface area contributed by atoms with Crippen molar-refractivity contribution in [3.8, 4) is 0 Å². The van der Waals surface area contributed by atoms with Gasteiger partial charge in [0.05, 0.1) is 16.3 Å². The van der Waals surface area contributed by atoms with Crippen LogP contribution in [0.4, 0.5) is 0 Å². The maximum Gasteiger partial charge on any atom is 0.312 e. The van der Waals surface area contributed by atoms with Gasteiger partial charge in [0, 0.05) is 12.1 Å². The molecule has 2 aromatic carbocycles. The molecule has 0 aliphatic carbocycles. The van der Waals surface area contributed by atoms with Crippen molar-refractivity contribution in [1.29, 1.82) is 0 Å². The summed E-state index contributed by atoms with van der Waals surface area (Å²) in [6.07, 6.45) is 1.36. The first-order valence-corrected chi connectivity index (χ1v) is 9.24. The first-order valence-electron chi connectivity index (χ1n) is 9.24. The molecule has 7 heteroatoms. The van der Waals surface area contributed by atoms with E-state index in [1.54, 1.807) is 57.2 Å². The third kappa shape index (κ3) is 4.87. The van der Waals surface area contributed by atoms with Gasteiger partial charge in [-0.05, 0) is 50.6 Å². The smallest absolute Gasteiger partial charge is 0.312 e. The van der Waals surface area contributed by atoms with Crippen LogP contribution in [0.2, 0.25) is 0 Å². The predicted octanol–water partition coefficient (Wildman–Crippen LogP) is 2.87. The van der Waals surface area contributed by atoms with Crippen LogP contribution < -0.4 is 10.9 Å². The lowest BCUT2D eigenvalue weighted by Crippen LogP contribution is -2.28. The van der Waals surface area contributed by atoms with E-state index >= 15 is 0 Å². The van der Waals surface area contributed by atoms with Crippen molar-refractivity contribution in [1.82, 2.24) is 14.9 Å². The number of carbonyl (C=O) groups excluding carboxylic acids is 2. The van der Waals surface area contributed by atoms with Gasteiger partial charge in [0.2, 0.25) is 0 Å². The number of benzene rings is 2. The predicted molar refractivity (Wildman–Crippen MR) is 109 cm³/mol. The molecule has 0 spiro atoms. The molecule has 0 atom stereocenters. The number of nitrogens with one attached hydrogen (secondary N) is 1. The van der Waals surface area contributed by atoms with Crippen molar-refractivity contribution in [2.75, 3.05) is 0 Å². The van der Waals surface area contributed by atoms with Gasteiger partial charge < -0.3 is 10.1 Å². The van der Waals surface area contributed by atoms with E-state index in [1.807, 2.05) is 12.1 Å². The van der Waals surface area contributed by atoms with E-state index in [-0.39, 0.29) is 24.7 Å². The molecule has 0 saturated carbocycles. The Morgan fingerprint density at radius 1 is 1.10 bits per heavy atom. The number of rotatable bonds is 5. The Labute approximate surface area is 168 Å². The molecule has 0 radical (unpaired) electrons. The summed E-state index contributed by atoms with van der Waals surface area (Å²) in [7, 11) is 0. The van der Waals surface area contributed by atoms with Gasteiger partial charge in [0.25, 0.3) is 11.5 Å². The van der Waals surface area contributed by atoms with Gasteiger partial charge in [-0.2, -0.15) is 0 Å². The van der Waals surface area contributed by atoms with Crippen LogP contribution >= 0.6 is 0 Å². The molecule has 0 bridgehead atoms. The summed E-state index contributed by atoms with van der Waals surface area (Å²) in [6, 6.07) is 14.1. The number of esters is 1. The molecule has 7 nitrogen and oxygen atoms in total. The first-order chi connectivity index (χ1) is 13.8. The van der Waals surface area contributed by atoms with Crippen LogP contribution in [-0.4, -0.2) is 21.4 Å². The lowest BCUT2D eigenvalue weighted by atomic mass is 9.98. The van der Waals surface area contributed by atoms with E-state index in [9.17, 15) is 14.4 Å². The summed E-state index contributed by atoms with van der Waals surface area (Å²) in [5.74, 6) is -0.592. The second-order valence-corrected chi connectivity index (χ2v) is 7.73. The lowest BCUT2D eigenvalue weighted by molar-refractivity contribution is -0.157. The van der Waals surface area contributed by atoms with Crippen molar-refractivity contribution in [3.63, 3.8) is 0 Å². The van der Waals surface area contributed by atoms with E-state index in [1.165, 1.54) is 10.9 Å². The number of hydrogen-bond acceptors (Lipinski definition) is 5. The molecule has 1 heterocycles. The van der Waals surface area contributed by atoms with E-state index in [0.717, 1.165) is 5.56 Å². The Hall–Kier alpha value is -3.48. The standard InChI is InChI=1S/C22H23N3O4/c1-22(2,3)21(28)29-14-25-13-24-18-10-9-15(11-17(18)20(25)27)12-23-19(26)16-7-5-4-6-8-16/h4-11,13H,12,14H2,1-3H3,(H,23,26). The zero-order valence-corrected chi connectivity index (χ0v) is 16.6. The van der Waals surface area contributed by atoms with Crippen LogP contribution in [0.25, 0.3) is 10.9 Å². The zero-order valence-electron chi connectivity index (χ0n) is 16.6. The minimum absolute atomic E-state index is 0.191. The number of amides is 1. The highest BCUT2D eigenvalue weighted by molar-refractivity contribution is 5.94. The molecule has 3 aromatic rings.